The average molecular weight is 225 g/mol. The summed E-state index contributed by atoms with van der Waals surface area (Å²) >= 11 is 0. The van der Waals surface area contributed by atoms with Gasteiger partial charge in [0.25, 0.3) is 0 Å². The molecule has 5 heteroatoms. The van der Waals surface area contributed by atoms with E-state index in [-0.39, 0.29) is 0 Å². The van der Waals surface area contributed by atoms with Gasteiger partial charge in [-0.05, 0) is 13.0 Å². The van der Waals surface area contributed by atoms with Gasteiger partial charge in [-0.2, -0.15) is 0 Å². The van der Waals surface area contributed by atoms with Gasteiger partial charge >= 0.3 is 0 Å². The lowest BCUT2D eigenvalue weighted by Gasteiger charge is -2.09. The van der Waals surface area contributed by atoms with Gasteiger partial charge in [-0.25, -0.2) is 8.78 Å². The first-order valence-corrected chi connectivity index (χ1v) is 5.14. The third-order valence-corrected chi connectivity index (χ3v) is 2.37. The highest BCUT2D eigenvalue weighted by Crippen LogP contribution is 2.09. The van der Waals surface area contributed by atoms with Crippen molar-refractivity contribution in [3.63, 3.8) is 0 Å². The van der Waals surface area contributed by atoms with Gasteiger partial charge in [0.05, 0.1) is 6.54 Å². The number of rotatable bonds is 2. The fourth-order valence-corrected chi connectivity index (χ4v) is 1.50. The molecule has 1 unspecified atom stereocenters. The van der Waals surface area contributed by atoms with E-state index >= 15 is 0 Å². The quantitative estimate of drug-likeness (QED) is 0.798. The Labute approximate surface area is 92.6 Å². The minimum atomic E-state index is -0.564. The van der Waals surface area contributed by atoms with Crippen LogP contribution < -0.4 is 10.6 Å². The van der Waals surface area contributed by atoms with Gasteiger partial charge in [-0.1, -0.05) is 6.07 Å². The molecule has 0 amide bonds. The first-order chi connectivity index (χ1) is 7.65. The van der Waals surface area contributed by atoms with Crippen molar-refractivity contribution in [3.8, 4) is 0 Å². The van der Waals surface area contributed by atoms with Crippen LogP contribution in [0.4, 0.5) is 8.78 Å². The van der Waals surface area contributed by atoms with Crippen LogP contribution in [0.5, 0.6) is 0 Å². The zero-order valence-corrected chi connectivity index (χ0v) is 8.93. The predicted octanol–water partition coefficient (Wildman–Crippen LogP) is 1.40. The van der Waals surface area contributed by atoms with Crippen LogP contribution in [-0.2, 0) is 6.54 Å². The fraction of sp³-hybridized carbons (Fsp3) is 0.364. The maximum Gasteiger partial charge on any atom is 0.191 e. The zero-order chi connectivity index (χ0) is 11.5. The van der Waals surface area contributed by atoms with Gasteiger partial charge in [0, 0.05) is 24.2 Å². The molecule has 1 aliphatic rings. The second-order valence-corrected chi connectivity index (χ2v) is 3.82. The lowest BCUT2D eigenvalue weighted by atomic mass is 10.2. The standard InChI is InChI=1S/C11H13F2N3/c1-7-5-14-11(16-7)15-6-8-2-3-9(12)4-10(8)13/h2-4,7H,5-6H2,1H3,(H2,14,15,16). The highest BCUT2D eigenvalue weighted by atomic mass is 19.1. The third kappa shape index (κ3) is 2.48. The Balaban J connectivity index is 1.95. The van der Waals surface area contributed by atoms with Crippen molar-refractivity contribution in [3.05, 3.63) is 35.4 Å². The number of hydrogen-bond acceptors (Lipinski definition) is 3. The maximum absolute atomic E-state index is 13.3. The van der Waals surface area contributed by atoms with Crippen LogP contribution >= 0.6 is 0 Å². The van der Waals surface area contributed by atoms with E-state index < -0.39 is 11.6 Å². The monoisotopic (exact) mass is 225 g/mol. The highest BCUT2D eigenvalue weighted by Gasteiger charge is 2.12. The molecule has 0 fully saturated rings. The van der Waals surface area contributed by atoms with Crippen molar-refractivity contribution in [2.24, 2.45) is 4.99 Å². The molecule has 0 bridgehead atoms. The summed E-state index contributed by atoms with van der Waals surface area (Å²) in [6, 6.07) is 3.85. The Morgan fingerprint density at radius 3 is 2.94 bits per heavy atom. The molecular weight excluding hydrogens is 212 g/mol. The molecule has 0 spiro atoms. The largest absolute Gasteiger partial charge is 0.352 e. The summed E-state index contributed by atoms with van der Waals surface area (Å²) in [6.45, 7) is 3.02. The maximum atomic E-state index is 13.3. The molecule has 86 valence electrons. The number of guanidine groups is 1. The Kier molecular flexibility index (Phi) is 3.03. The Morgan fingerprint density at radius 1 is 1.50 bits per heavy atom. The summed E-state index contributed by atoms with van der Waals surface area (Å²) < 4.78 is 25.9. The third-order valence-electron chi connectivity index (χ3n) is 2.37. The summed E-state index contributed by atoms with van der Waals surface area (Å²) in [6.07, 6.45) is 0. The second kappa shape index (κ2) is 4.47. The smallest absolute Gasteiger partial charge is 0.191 e. The fourth-order valence-electron chi connectivity index (χ4n) is 1.50. The summed E-state index contributed by atoms with van der Waals surface area (Å²) in [5.41, 5.74) is 0.422. The van der Waals surface area contributed by atoms with Crippen LogP contribution in [0.15, 0.2) is 23.2 Å². The molecule has 2 N–H and O–H groups in total. The van der Waals surface area contributed by atoms with Gasteiger partial charge in [0.2, 0.25) is 0 Å². The number of hydrogen-bond donors (Lipinski definition) is 2. The van der Waals surface area contributed by atoms with Crippen molar-refractivity contribution in [2.75, 3.05) is 6.54 Å². The zero-order valence-electron chi connectivity index (χ0n) is 8.93. The molecule has 0 saturated heterocycles. The van der Waals surface area contributed by atoms with E-state index in [1.54, 1.807) is 0 Å². The highest BCUT2D eigenvalue weighted by molar-refractivity contribution is 5.81. The molecule has 1 aromatic rings. The van der Waals surface area contributed by atoms with E-state index in [1.807, 2.05) is 6.92 Å². The van der Waals surface area contributed by atoms with Crippen LogP contribution in [0.3, 0.4) is 0 Å². The molecule has 1 heterocycles. The van der Waals surface area contributed by atoms with Crippen LogP contribution in [0.1, 0.15) is 12.5 Å². The van der Waals surface area contributed by atoms with E-state index in [2.05, 4.69) is 15.6 Å². The van der Waals surface area contributed by atoms with Gasteiger partial charge in [-0.3, -0.25) is 4.99 Å². The first kappa shape index (κ1) is 10.9. The minimum Gasteiger partial charge on any atom is -0.352 e. The predicted molar refractivity (Wildman–Crippen MR) is 58.1 cm³/mol. The topological polar surface area (TPSA) is 36.4 Å². The van der Waals surface area contributed by atoms with E-state index in [1.165, 1.54) is 12.1 Å². The van der Waals surface area contributed by atoms with Crippen LogP contribution in [0.25, 0.3) is 0 Å². The van der Waals surface area contributed by atoms with Gasteiger partial charge in [-0.15, -0.1) is 0 Å². The first-order valence-electron chi connectivity index (χ1n) is 5.14. The lowest BCUT2D eigenvalue weighted by Crippen LogP contribution is -2.37. The molecule has 1 atom stereocenters. The molecule has 16 heavy (non-hydrogen) atoms. The number of aliphatic imine (C=N–C) groups is 1. The van der Waals surface area contributed by atoms with Crippen molar-refractivity contribution in [1.82, 2.24) is 10.6 Å². The van der Waals surface area contributed by atoms with Crippen molar-refractivity contribution in [1.29, 1.82) is 0 Å². The van der Waals surface area contributed by atoms with E-state index in [0.29, 0.717) is 30.7 Å². The summed E-state index contributed by atoms with van der Waals surface area (Å²) in [4.78, 5) is 4.18. The second-order valence-electron chi connectivity index (χ2n) is 3.82. The number of nitrogens with one attached hydrogen (secondary N) is 2. The molecule has 0 aliphatic carbocycles. The Bertz CT molecular complexity index is 418. The van der Waals surface area contributed by atoms with E-state index in [4.69, 9.17) is 0 Å². The van der Waals surface area contributed by atoms with Gasteiger partial charge in [0.1, 0.15) is 11.6 Å². The average Bonchev–Trinajstić information content (AvgIpc) is 2.63. The number of halogens is 2. The molecular formula is C11H13F2N3. The van der Waals surface area contributed by atoms with E-state index in [9.17, 15) is 8.78 Å². The van der Waals surface area contributed by atoms with Gasteiger partial charge < -0.3 is 10.6 Å². The van der Waals surface area contributed by atoms with Crippen molar-refractivity contribution < 1.29 is 8.78 Å². The number of nitrogens with zero attached hydrogens (tertiary/aromatic N) is 1. The van der Waals surface area contributed by atoms with E-state index in [0.717, 1.165) is 6.07 Å². The van der Waals surface area contributed by atoms with Crippen LogP contribution in [0.2, 0.25) is 0 Å². The summed E-state index contributed by atoms with van der Waals surface area (Å²) in [5.74, 6) is -0.443. The van der Waals surface area contributed by atoms with Gasteiger partial charge in [0.15, 0.2) is 5.96 Å². The Morgan fingerprint density at radius 2 is 2.31 bits per heavy atom. The van der Waals surface area contributed by atoms with Crippen LogP contribution in [0, 0.1) is 11.6 Å². The molecule has 0 radical (unpaired) electrons. The van der Waals surface area contributed by atoms with Crippen molar-refractivity contribution in [2.45, 2.75) is 19.5 Å². The molecule has 1 aromatic carbocycles. The summed E-state index contributed by atoms with van der Waals surface area (Å²) in [7, 11) is 0. The molecule has 0 saturated carbocycles. The molecule has 0 aromatic heterocycles. The normalized spacial score (nSPS) is 19.2. The van der Waals surface area contributed by atoms with Crippen molar-refractivity contribution >= 4 is 5.96 Å². The lowest BCUT2D eigenvalue weighted by molar-refractivity contribution is 0.569. The SMILES string of the molecule is CC1CN=C(NCc2ccc(F)cc2F)N1. The summed E-state index contributed by atoms with van der Waals surface area (Å²) in [5, 5.41) is 6.06. The van der Waals surface area contributed by atoms with Crippen LogP contribution in [-0.4, -0.2) is 18.5 Å². The molecule has 3 nitrogen and oxygen atoms in total. The Hall–Kier alpha value is -1.65. The minimum absolute atomic E-state index is 0.296. The number of benzene rings is 1. The molecule has 1 aliphatic heterocycles. The molecule has 2 rings (SSSR count).